The lowest BCUT2D eigenvalue weighted by Crippen LogP contribution is -2.42. The first kappa shape index (κ1) is 23.1. The van der Waals surface area contributed by atoms with E-state index in [1.165, 1.54) is 30.4 Å². The topological polar surface area (TPSA) is 102 Å². The third-order valence-corrected chi connectivity index (χ3v) is 5.47. The van der Waals surface area contributed by atoms with Crippen molar-refractivity contribution in [3.05, 3.63) is 71.8 Å². The molecule has 0 saturated carbocycles. The maximum absolute atomic E-state index is 9.75. The summed E-state index contributed by atoms with van der Waals surface area (Å²) in [6.45, 7) is 3.23. The van der Waals surface area contributed by atoms with E-state index < -0.39 is 11.9 Å². The molecule has 1 fully saturated rings. The molecule has 1 heterocycles. The van der Waals surface area contributed by atoms with Gasteiger partial charge in [-0.05, 0) is 62.9 Å². The molecule has 0 radical (unpaired) electrons. The van der Waals surface area contributed by atoms with Crippen LogP contribution in [0.1, 0.15) is 36.8 Å². The van der Waals surface area contributed by atoms with Crippen molar-refractivity contribution in [2.24, 2.45) is 0 Å². The second-order valence-corrected chi connectivity index (χ2v) is 7.45. The standard InChI is InChI=1S/C22H26N2.C2H2O4/c23-19-22(21-12-5-2-6-13-21)14-17-24(18-15-22)16-8-7-11-20-9-3-1-4-10-20;3-1(4)2(5)6/h1-6,9-10,12-13H,7-8,11,14-18H2;(H,3,4)(H,5,6). The Balaban J connectivity index is 0.000000469. The highest BCUT2D eigenvalue weighted by atomic mass is 16.4. The summed E-state index contributed by atoms with van der Waals surface area (Å²) in [6.07, 6.45) is 5.54. The molecule has 2 aromatic carbocycles. The Bertz CT molecular complexity index is 827. The zero-order chi connectivity index (χ0) is 21.8. The normalized spacial score (nSPS) is 15.3. The van der Waals surface area contributed by atoms with E-state index in [9.17, 15) is 5.26 Å². The summed E-state index contributed by atoms with van der Waals surface area (Å²) in [5.74, 6) is -3.65. The van der Waals surface area contributed by atoms with Crippen molar-refractivity contribution < 1.29 is 19.8 Å². The average Bonchev–Trinajstić information content (AvgIpc) is 2.79. The van der Waals surface area contributed by atoms with Gasteiger partial charge in [-0.25, -0.2) is 9.59 Å². The first-order valence-corrected chi connectivity index (χ1v) is 10.2. The molecular formula is C24H28N2O4. The van der Waals surface area contributed by atoms with Crippen LogP contribution in [0.25, 0.3) is 0 Å². The number of unbranched alkanes of at least 4 members (excludes halogenated alkanes) is 1. The number of carboxylic acids is 2. The van der Waals surface area contributed by atoms with Gasteiger partial charge in [0.15, 0.2) is 0 Å². The molecule has 6 nitrogen and oxygen atoms in total. The second-order valence-electron chi connectivity index (χ2n) is 7.45. The highest BCUT2D eigenvalue weighted by Crippen LogP contribution is 2.34. The zero-order valence-corrected chi connectivity index (χ0v) is 17.0. The van der Waals surface area contributed by atoms with Crippen LogP contribution in [-0.2, 0) is 21.4 Å². The van der Waals surface area contributed by atoms with Gasteiger partial charge in [0, 0.05) is 0 Å². The molecule has 3 rings (SSSR count). The number of benzene rings is 2. The summed E-state index contributed by atoms with van der Waals surface area (Å²) in [5, 5.41) is 24.5. The molecule has 0 atom stereocenters. The van der Waals surface area contributed by atoms with E-state index in [4.69, 9.17) is 19.8 Å². The van der Waals surface area contributed by atoms with Crippen molar-refractivity contribution in [1.29, 1.82) is 5.26 Å². The van der Waals surface area contributed by atoms with Crippen molar-refractivity contribution in [3.8, 4) is 6.07 Å². The number of hydrogen-bond acceptors (Lipinski definition) is 4. The molecule has 0 spiro atoms. The molecule has 30 heavy (non-hydrogen) atoms. The number of hydrogen-bond donors (Lipinski definition) is 2. The molecule has 1 aliphatic heterocycles. The maximum Gasteiger partial charge on any atom is 0.414 e. The summed E-state index contributed by atoms with van der Waals surface area (Å²) in [4.78, 5) is 20.7. The van der Waals surface area contributed by atoms with Gasteiger partial charge in [-0.1, -0.05) is 60.7 Å². The van der Waals surface area contributed by atoms with Crippen LogP contribution in [0.15, 0.2) is 60.7 Å². The SMILES string of the molecule is N#CC1(c2ccccc2)CCN(CCCCc2ccccc2)CC1.O=C(O)C(=O)O. The Kier molecular flexibility index (Phi) is 9.04. The minimum absolute atomic E-state index is 0.276. The summed E-state index contributed by atoms with van der Waals surface area (Å²) in [7, 11) is 0. The molecule has 0 aliphatic carbocycles. The fraction of sp³-hybridized carbons (Fsp3) is 0.375. The zero-order valence-electron chi connectivity index (χ0n) is 17.0. The van der Waals surface area contributed by atoms with Crippen LogP contribution in [-0.4, -0.2) is 46.7 Å². The Morgan fingerprint density at radius 1 is 0.900 bits per heavy atom. The fourth-order valence-electron chi connectivity index (χ4n) is 3.69. The van der Waals surface area contributed by atoms with E-state index in [1.807, 2.05) is 18.2 Å². The van der Waals surface area contributed by atoms with Crippen LogP contribution in [0, 0.1) is 11.3 Å². The van der Waals surface area contributed by atoms with E-state index in [0.29, 0.717) is 0 Å². The van der Waals surface area contributed by atoms with Gasteiger partial charge in [0.25, 0.3) is 0 Å². The van der Waals surface area contributed by atoms with Crippen molar-refractivity contribution >= 4 is 11.9 Å². The fourth-order valence-corrected chi connectivity index (χ4v) is 3.69. The van der Waals surface area contributed by atoms with Crippen molar-refractivity contribution in [2.45, 2.75) is 37.5 Å². The monoisotopic (exact) mass is 408 g/mol. The summed E-state index contributed by atoms with van der Waals surface area (Å²) in [5.41, 5.74) is 2.35. The predicted molar refractivity (Wildman–Crippen MR) is 114 cm³/mol. The third-order valence-electron chi connectivity index (χ3n) is 5.47. The number of nitrogens with zero attached hydrogens (tertiary/aromatic N) is 2. The average molecular weight is 408 g/mol. The van der Waals surface area contributed by atoms with Crippen LogP contribution in [0.3, 0.4) is 0 Å². The van der Waals surface area contributed by atoms with Crippen LogP contribution in [0.4, 0.5) is 0 Å². The van der Waals surface area contributed by atoms with Gasteiger partial charge < -0.3 is 15.1 Å². The quantitative estimate of drug-likeness (QED) is 0.558. The molecule has 6 heteroatoms. The molecule has 2 aromatic rings. The van der Waals surface area contributed by atoms with Crippen molar-refractivity contribution in [2.75, 3.05) is 19.6 Å². The van der Waals surface area contributed by atoms with Gasteiger partial charge >= 0.3 is 11.9 Å². The number of rotatable bonds is 6. The Morgan fingerprint density at radius 3 is 1.93 bits per heavy atom. The number of carbonyl (C=O) groups is 2. The number of likely N-dealkylation sites (tertiary alicyclic amines) is 1. The van der Waals surface area contributed by atoms with Crippen LogP contribution in [0.2, 0.25) is 0 Å². The van der Waals surface area contributed by atoms with E-state index in [-0.39, 0.29) is 5.41 Å². The van der Waals surface area contributed by atoms with E-state index in [0.717, 1.165) is 32.5 Å². The molecular weight excluding hydrogens is 380 g/mol. The maximum atomic E-state index is 9.75. The molecule has 0 amide bonds. The van der Waals surface area contributed by atoms with Gasteiger partial charge in [0.05, 0.1) is 11.5 Å². The molecule has 2 N–H and O–H groups in total. The summed E-state index contributed by atoms with van der Waals surface area (Å²) < 4.78 is 0. The van der Waals surface area contributed by atoms with E-state index >= 15 is 0 Å². The number of nitriles is 1. The van der Waals surface area contributed by atoms with E-state index in [1.54, 1.807) is 0 Å². The van der Waals surface area contributed by atoms with Crippen LogP contribution >= 0.6 is 0 Å². The number of piperidine rings is 1. The first-order chi connectivity index (χ1) is 14.5. The van der Waals surface area contributed by atoms with Crippen LogP contribution < -0.4 is 0 Å². The Labute approximate surface area is 177 Å². The minimum atomic E-state index is -1.82. The smallest absolute Gasteiger partial charge is 0.414 e. The number of carboxylic acid groups (broad SMARTS) is 2. The predicted octanol–water partition coefficient (Wildman–Crippen LogP) is 3.72. The Hall–Kier alpha value is -3.17. The highest BCUT2D eigenvalue weighted by molar-refractivity contribution is 6.27. The van der Waals surface area contributed by atoms with Gasteiger partial charge in [-0.15, -0.1) is 0 Å². The lowest BCUT2D eigenvalue weighted by molar-refractivity contribution is -0.159. The lowest BCUT2D eigenvalue weighted by atomic mass is 9.74. The molecule has 1 saturated heterocycles. The number of aryl methyl sites for hydroxylation is 1. The largest absolute Gasteiger partial charge is 0.473 e. The molecule has 0 bridgehead atoms. The third kappa shape index (κ3) is 7.02. The molecule has 1 aliphatic rings. The summed E-state index contributed by atoms with van der Waals surface area (Å²) >= 11 is 0. The van der Waals surface area contributed by atoms with Gasteiger partial charge in [-0.2, -0.15) is 5.26 Å². The van der Waals surface area contributed by atoms with Crippen molar-refractivity contribution in [1.82, 2.24) is 4.90 Å². The van der Waals surface area contributed by atoms with E-state index in [2.05, 4.69) is 53.4 Å². The number of aliphatic carboxylic acids is 2. The molecule has 0 aromatic heterocycles. The molecule has 0 unspecified atom stereocenters. The van der Waals surface area contributed by atoms with Crippen molar-refractivity contribution in [3.63, 3.8) is 0 Å². The first-order valence-electron chi connectivity index (χ1n) is 10.2. The van der Waals surface area contributed by atoms with Gasteiger partial charge in [-0.3, -0.25) is 0 Å². The van der Waals surface area contributed by atoms with Crippen LogP contribution in [0.5, 0.6) is 0 Å². The summed E-state index contributed by atoms with van der Waals surface area (Å²) in [6, 6.07) is 23.7. The highest BCUT2D eigenvalue weighted by Gasteiger charge is 2.36. The lowest BCUT2D eigenvalue weighted by Gasteiger charge is -2.37. The van der Waals surface area contributed by atoms with Gasteiger partial charge in [0.1, 0.15) is 0 Å². The molecule has 158 valence electrons. The van der Waals surface area contributed by atoms with Gasteiger partial charge in [0.2, 0.25) is 0 Å². The Morgan fingerprint density at radius 2 is 1.43 bits per heavy atom. The minimum Gasteiger partial charge on any atom is -0.473 e. The second kappa shape index (κ2) is 11.7.